The number of aliphatic hydroxyl groups excluding tert-OH is 1. The van der Waals surface area contributed by atoms with E-state index in [4.69, 9.17) is 4.98 Å². The lowest BCUT2D eigenvalue weighted by molar-refractivity contribution is 0.0912. The van der Waals surface area contributed by atoms with Crippen molar-refractivity contribution in [3.05, 3.63) is 29.6 Å². The Bertz CT molecular complexity index is 819. The van der Waals surface area contributed by atoms with Gasteiger partial charge in [0, 0.05) is 18.0 Å². The Hall–Kier alpha value is -1.88. The van der Waals surface area contributed by atoms with Crippen LogP contribution in [0.3, 0.4) is 0 Å². The maximum absolute atomic E-state index is 12.8. The Labute approximate surface area is 181 Å². The van der Waals surface area contributed by atoms with Gasteiger partial charge in [-0.15, -0.1) is 0 Å². The first kappa shape index (κ1) is 22.8. The van der Waals surface area contributed by atoms with Crippen molar-refractivity contribution in [2.75, 3.05) is 6.61 Å². The average molecular weight is 414 g/mol. The van der Waals surface area contributed by atoms with Crippen molar-refractivity contribution >= 4 is 16.9 Å². The Morgan fingerprint density at radius 2 is 1.97 bits per heavy atom. The third kappa shape index (κ3) is 5.23. The molecular weight excluding hydrogens is 374 g/mol. The number of amides is 1. The molecule has 1 saturated carbocycles. The van der Waals surface area contributed by atoms with Gasteiger partial charge in [-0.25, -0.2) is 4.98 Å². The van der Waals surface area contributed by atoms with Crippen LogP contribution in [0.2, 0.25) is 0 Å². The largest absolute Gasteiger partial charge is 0.394 e. The first-order valence-corrected chi connectivity index (χ1v) is 12.0. The number of fused-ring (bicyclic) bond motifs is 1. The molecule has 0 radical (unpaired) electrons. The van der Waals surface area contributed by atoms with Crippen molar-refractivity contribution in [2.24, 2.45) is 5.92 Å². The van der Waals surface area contributed by atoms with Gasteiger partial charge < -0.3 is 15.0 Å². The van der Waals surface area contributed by atoms with Crippen LogP contribution >= 0.6 is 0 Å². The lowest BCUT2D eigenvalue weighted by atomic mass is 10.0. The minimum atomic E-state index is -0.187. The topological polar surface area (TPSA) is 67.2 Å². The van der Waals surface area contributed by atoms with E-state index in [9.17, 15) is 9.90 Å². The SMILES string of the molecule is CCCCC(CO)NC(=O)c1ccc2c(c1)nc(CC1CCCC1)n2C(CC)CC. The second-order valence-corrected chi connectivity index (χ2v) is 8.92. The Morgan fingerprint density at radius 3 is 2.60 bits per heavy atom. The highest BCUT2D eigenvalue weighted by Crippen LogP contribution is 2.32. The minimum absolute atomic E-state index is 0.0250. The second kappa shape index (κ2) is 10.9. The van der Waals surface area contributed by atoms with Crippen molar-refractivity contribution < 1.29 is 9.90 Å². The summed E-state index contributed by atoms with van der Waals surface area (Å²) in [5.74, 6) is 1.79. The molecule has 2 aromatic rings. The number of nitrogens with zero attached hydrogens (tertiary/aromatic N) is 2. The van der Waals surface area contributed by atoms with Crippen molar-refractivity contribution in [1.82, 2.24) is 14.9 Å². The third-order valence-electron chi connectivity index (χ3n) is 6.74. The predicted molar refractivity (Wildman–Crippen MR) is 123 cm³/mol. The average Bonchev–Trinajstić information content (AvgIpc) is 3.39. The predicted octanol–water partition coefficient (Wildman–Crippen LogP) is 5.41. The van der Waals surface area contributed by atoms with Gasteiger partial charge in [0.15, 0.2) is 0 Å². The molecule has 0 bridgehead atoms. The van der Waals surface area contributed by atoms with E-state index in [0.29, 0.717) is 11.6 Å². The number of unbranched alkanes of at least 4 members (excludes halogenated alkanes) is 1. The number of imidazole rings is 1. The number of aromatic nitrogens is 2. The molecule has 1 aliphatic carbocycles. The van der Waals surface area contributed by atoms with E-state index in [2.05, 4.69) is 36.7 Å². The van der Waals surface area contributed by atoms with Crippen LogP contribution in [0.25, 0.3) is 11.0 Å². The van der Waals surface area contributed by atoms with Crippen LogP contribution in [0.15, 0.2) is 18.2 Å². The first-order chi connectivity index (χ1) is 14.6. The maximum Gasteiger partial charge on any atom is 0.251 e. The van der Waals surface area contributed by atoms with Crippen LogP contribution in [0, 0.1) is 5.92 Å². The van der Waals surface area contributed by atoms with Crippen LogP contribution in [-0.4, -0.2) is 33.2 Å². The molecule has 0 spiro atoms. The standard InChI is InChI=1S/C25H39N3O2/c1-4-7-12-20(17-29)26-25(30)19-13-14-23-22(16-19)27-24(15-18-10-8-9-11-18)28(23)21(5-2)6-3/h13-14,16,18,20-21,29H,4-12,15,17H2,1-3H3,(H,26,30). The molecule has 0 saturated heterocycles. The van der Waals surface area contributed by atoms with Gasteiger partial charge in [-0.1, -0.05) is 59.3 Å². The lowest BCUT2D eigenvalue weighted by Crippen LogP contribution is -2.37. The highest BCUT2D eigenvalue weighted by atomic mass is 16.3. The summed E-state index contributed by atoms with van der Waals surface area (Å²) < 4.78 is 2.44. The van der Waals surface area contributed by atoms with Gasteiger partial charge in [-0.2, -0.15) is 0 Å². The minimum Gasteiger partial charge on any atom is -0.394 e. The Kier molecular flexibility index (Phi) is 8.32. The maximum atomic E-state index is 12.8. The monoisotopic (exact) mass is 413 g/mol. The van der Waals surface area contributed by atoms with Crippen LogP contribution in [0.4, 0.5) is 0 Å². The molecule has 2 N–H and O–H groups in total. The van der Waals surface area contributed by atoms with Crippen LogP contribution < -0.4 is 5.32 Å². The molecule has 5 nitrogen and oxygen atoms in total. The summed E-state index contributed by atoms with van der Waals surface area (Å²) in [6.07, 6.45) is 11.3. The summed E-state index contributed by atoms with van der Waals surface area (Å²) in [6.45, 7) is 6.57. The van der Waals surface area contributed by atoms with E-state index in [1.54, 1.807) is 0 Å². The summed E-state index contributed by atoms with van der Waals surface area (Å²) in [7, 11) is 0. The van der Waals surface area contributed by atoms with E-state index < -0.39 is 0 Å². The van der Waals surface area contributed by atoms with Gasteiger partial charge in [-0.05, 0) is 43.4 Å². The van der Waals surface area contributed by atoms with E-state index in [0.717, 1.165) is 55.5 Å². The van der Waals surface area contributed by atoms with Crippen molar-refractivity contribution in [1.29, 1.82) is 0 Å². The molecule has 166 valence electrons. The number of hydrogen-bond acceptors (Lipinski definition) is 3. The number of aliphatic hydroxyl groups is 1. The summed E-state index contributed by atoms with van der Waals surface area (Å²) in [5.41, 5.74) is 2.67. The number of carbonyl (C=O) groups excluding carboxylic acids is 1. The van der Waals surface area contributed by atoms with Gasteiger partial charge in [0.2, 0.25) is 0 Å². The molecule has 1 amide bonds. The fourth-order valence-corrected chi connectivity index (χ4v) is 4.90. The van der Waals surface area contributed by atoms with E-state index in [-0.39, 0.29) is 18.6 Å². The van der Waals surface area contributed by atoms with Gasteiger partial charge in [-0.3, -0.25) is 4.79 Å². The number of hydrogen-bond donors (Lipinski definition) is 2. The summed E-state index contributed by atoms with van der Waals surface area (Å²) >= 11 is 0. The summed E-state index contributed by atoms with van der Waals surface area (Å²) in [5, 5.41) is 12.6. The molecule has 3 rings (SSSR count). The van der Waals surface area contributed by atoms with Crippen LogP contribution in [-0.2, 0) is 6.42 Å². The molecule has 1 aromatic heterocycles. The fourth-order valence-electron chi connectivity index (χ4n) is 4.90. The summed E-state index contributed by atoms with van der Waals surface area (Å²) in [4.78, 5) is 17.8. The van der Waals surface area contributed by atoms with Crippen molar-refractivity contribution in [2.45, 2.75) is 97.1 Å². The molecule has 1 fully saturated rings. The third-order valence-corrected chi connectivity index (χ3v) is 6.74. The molecule has 1 aliphatic rings. The number of benzene rings is 1. The highest BCUT2D eigenvalue weighted by Gasteiger charge is 2.23. The normalized spacial score (nSPS) is 15.9. The van der Waals surface area contributed by atoms with Crippen molar-refractivity contribution in [3.63, 3.8) is 0 Å². The summed E-state index contributed by atoms with van der Waals surface area (Å²) in [6, 6.07) is 6.15. The number of nitrogens with one attached hydrogen (secondary N) is 1. The van der Waals surface area contributed by atoms with Crippen LogP contribution in [0.1, 0.15) is 101 Å². The van der Waals surface area contributed by atoms with Gasteiger partial charge >= 0.3 is 0 Å². The quantitative estimate of drug-likeness (QED) is 0.517. The van der Waals surface area contributed by atoms with Gasteiger partial charge in [0.25, 0.3) is 5.91 Å². The molecule has 1 heterocycles. The zero-order valence-electron chi connectivity index (χ0n) is 19.0. The smallest absolute Gasteiger partial charge is 0.251 e. The fraction of sp³-hybridized carbons (Fsp3) is 0.680. The molecule has 5 heteroatoms. The van der Waals surface area contributed by atoms with Crippen molar-refractivity contribution in [3.8, 4) is 0 Å². The zero-order valence-corrected chi connectivity index (χ0v) is 19.0. The molecule has 1 unspecified atom stereocenters. The Morgan fingerprint density at radius 1 is 1.23 bits per heavy atom. The number of rotatable bonds is 11. The van der Waals surface area contributed by atoms with E-state index in [1.165, 1.54) is 31.5 Å². The Balaban J connectivity index is 1.88. The number of carbonyl (C=O) groups is 1. The van der Waals surface area contributed by atoms with E-state index >= 15 is 0 Å². The molecule has 30 heavy (non-hydrogen) atoms. The van der Waals surface area contributed by atoms with Crippen LogP contribution in [0.5, 0.6) is 0 Å². The molecule has 0 aliphatic heterocycles. The van der Waals surface area contributed by atoms with Gasteiger partial charge in [0.1, 0.15) is 5.82 Å². The molecular formula is C25H39N3O2. The van der Waals surface area contributed by atoms with E-state index in [1.807, 2.05) is 12.1 Å². The molecule has 1 atom stereocenters. The highest BCUT2D eigenvalue weighted by molar-refractivity contribution is 5.97. The van der Waals surface area contributed by atoms with Gasteiger partial charge in [0.05, 0.1) is 23.7 Å². The first-order valence-electron chi connectivity index (χ1n) is 12.0. The lowest BCUT2D eigenvalue weighted by Gasteiger charge is -2.20. The molecule has 1 aromatic carbocycles. The zero-order chi connectivity index (χ0) is 21.5. The second-order valence-electron chi connectivity index (χ2n) is 8.92.